The number of thiazole rings is 1. The van der Waals surface area contributed by atoms with Crippen molar-refractivity contribution in [2.45, 2.75) is 32.4 Å². The van der Waals surface area contributed by atoms with E-state index in [2.05, 4.69) is 77.1 Å². The smallest absolute Gasteiger partial charge is 0.204 e. The van der Waals surface area contributed by atoms with Gasteiger partial charge in [-0.25, -0.2) is 9.67 Å². The van der Waals surface area contributed by atoms with Crippen LogP contribution in [0.2, 0.25) is 0 Å². The van der Waals surface area contributed by atoms with Gasteiger partial charge in [-0.05, 0) is 68.9 Å². The molecule has 0 unspecified atom stereocenters. The van der Waals surface area contributed by atoms with Crippen molar-refractivity contribution >= 4 is 33.8 Å². The summed E-state index contributed by atoms with van der Waals surface area (Å²) in [4.78, 5) is 7.42. The Morgan fingerprint density at radius 3 is 2.66 bits per heavy atom. The van der Waals surface area contributed by atoms with E-state index in [9.17, 15) is 0 Å². The molecule has 5 nitrogen and oxygen atoms in total. The van der Waals surface area contributed by atoms with Gasteiger partial charge >= 0.3 is 0 Å². The standard InChI is InChI=1S/C28H27N5S2/c1-20-9-7-10-21(17-20)26-30-32(28(34)33(26)23-12-3-2-4-13-23)19-31-16-8-11-22(18-31)27-29-24-14-5-6-15-25(24)35-27/h2-7,9-10,12-15,17,22H,8,11,16,18-19H2,1H3/t22-/m0/s1. The molecule has 0 spiro atoms. The lowest BCUT2D eigenvalue weighted by atomic mass is 9.99. The highest BCUT2D eigenvalue weighted by Gasteiger charge is 2.25. The highest BCUT2D eigenvalue weighted by molar-refractivity contribution is 7.71. The van der Waals surface area contributed by atoms with E-state index in [0.29, 0.717) is 12.6 Å². The Bertz CT molecular complexity index is 1500. The van der Waals surface area contributed by atoms with Crippen molar-refractivity contribution in [3.63, 3.8) is 0 Å². The molecule has 1 aliphatic rings. The average Bonchev–Trinajstić information content (AvgIpc) is 3.46. The first-order chi connectivity index (χ1) is 17.2. The summed E-state index contributed by atoms with van der Waals surface area (Å²) < 4.78 is 6.07. The maximum Gasteiger partial charge on any atom is 0.204 e. The van der Waals surface area contributed by atoms with Crippen molar-refractivity contribution in [3.8, 4) is 17.1 Å². The van der Waals surface area contributed by atoms with Crippen LogP contribution in [0.1, 0.15) is 29.3 Å². The summed E-state index contributed by atoms with van der Waals surface area (Å²) >= 11 is 7.82. The number of hydrogen-bond donors (Lipinski definition) is 0. The number of rotatable bonds is 5. The van der Waals surface area contributed by atoms with Crippen LogP contribution in [0, 0.1) is 11.7 Å². The molecule has 2 aromatic heterocycles. The molecule has 0 radical (unpaired) electrons. The predicted molar refractivity (Wildman–Crippen MR) is 146 cm³/mol. The van der Waals surface area contributed by atoms with Crippen molar-refractivity contribution in [3.05, 3.63) is 94.2 Å². The highest BCUT2D eigenvalue weighted by atomic mass is 32.1. The molecule has 0 amide bonds. The van der Waals surface area contributed by atoms with Gasteiger partial charge in [0, 0.05) is 23.7 Å². The molecule has 1 aliphatic heterocycles. The summed E-state index contributed by atoms with van der Waals surface area (Å²) in [5.41, 5.74) is 4.42. The number of aromatic nitrogens is 4. The van der Waals surface area contributed by atoms with Crippen LogP contribution in [0.15, 0.2) is 78.9 Å². The predicted octanol–water partition coefficient (Wildman–Crippen LogP) is 6.83. The summed E-state index contributed by atoms with van der Waals surface area (Å²) in [6, 6.07) is 27.2. The van der Waals surface area contributed by atoms with Crippen LogP contribution in [0.25, 0.3) is 27.3 Å². The fourth-order valence-electron chi connectivity index (χ4n) is 4.92. The molecule has 0 saturated carbocycles. The third kappa shape index (κ3) is 4.47. The van der Waals surface area contributed by atoms with Crippen molar-refractivity contribution < 1.29 is 0 Å². The largest absolute Gasteiger partial charge is 0.284 e. The molecule has 0 N–H and O–H groups in total. The summed E-state index contributed by atoms with van der Waals surface area (Å²) in [5.74, 6) is 1.33. The molecular formula is C28H27N5S2. The van der Waals surface area contributed by atoms with Crippen molar-refractivity contribution in [1.82, 2.24) is 24.2 Å². The highest BCUT2D eigenvalue weighted by Crippen LogP contribution is 2.33. The lowest BCUT2D eigenvalue weighted by Gasteiger charge is -2.31. The normalized spacial score (nSPS) is 16.7. The Morgan fingerprint density at radius 2 is 1.83 bits per heavy atom. The molecule has 1 saturated heterocycles. The number of aryl methyl sites for hydroxylation is 1. The molecule has 6 rings (SSSR count). The molecule has 1 atom stereocenters. The van der Waals surface area contributed by atoms with Crippen LogP contribution in [0.4, 0.5) is 0 Å². The monoisotopic (exact) mass is 497 g/mol. The van der Waals surface area contributed by atoms with Gasteiger partial charge in [0.25, 0.3) is 0 Å². The van der Waals surface area contributed by atoms with Gasteiger partial charge in [0.15, 0.2) is 5.82 Å². The SMILES string of the molecule is Cc1cccc(-c2nn(CN3CCC[C@H](c4nc5ccccc5s4)C3)c(=S)n2-c2ccccc2)c1. The minimum Gasteiger partial charge on any atom is -0.284 e. The van der Waals surface area contributed by atoms with Crippen molar-refractivity contribution in [2.75, 3.05) is 13.1 Å². The number of likely N-dealkylation sites (tertiary alicyclic amines) is 1. The molecule has 5 aromatic rings. The molecule has 7 heteroatoms. The van der Waals surface area contributed by atoms with E-state index in [1.54, 1.807) is 0 Å². The summed E-state index contributed by atoms with van der Waals surface area (Å²) in [5, 5.41) is 6.29. The maximum atomic E-state index is 5.99. The van der Waals surface area contributed by atoms with Gasteiger partial charge in [0.1, 0.15) is 0 Å². The number of benzene rings is 3. The van der Waals surface area contributed by atoms with Crippen LogP contribution in [-0.4, -0.2) is 37.3 Å². The Balaban J connectivity index is 1.32. The van der Waals surface area contributed by atoms with E-state index in [1.165, 1.54) is 21.7 Å². The second-order valence-electron chi connectivity index (χ2n) is 9.22. The topological polar surface area (TPSA) is 38.9 Å². The van der Waals surface area contributed by atoms with Gasteiger partial charge < -0.3 is 0 Å². The molecule has 3 aromatic carbocycles. The zero-order valence-electron chi connectivity index (χ0n) is 19.7. The molecule has 176 valence electrons. The van der Waals surface area contributed by atoms with E-state index < -0.39 is 0 Å². The summed E-state index contributed by atoms with van der Waals surface area (Å²) in [6.07, 6.45) is 2.33. The molecule has 0 bridgehead atoms. The molecule has 1 fully saturated rings. The third-order valence-corrected chi connectivity index (χ3v) is 8.22. The number of nitrogens with zero attached hydrogens (tertiary/aromatic N) is 5. The van der Waals surface area contributed by atoms with Gasteiger partial charge in [-0.1, -0.05) is 54.1 Å². The summed E-state index contributed by atoms with van der Waals surface area (Å²) in [7, 11) is 0. The van der Waals surface area contributed by atoms with Crippen LogP contribution in [0.5, 0.6) is 0 Å². The minimum atomic E-state index is 0.447. The Hall–Kier alpha value is -3.13. The fraction of sp³-hybridized carbons (Fsp3) is 0.250. The van der Waals surface area contributed by atoms with E-state index in [1.807, 2.05) is 34.2 Å². The third-order valence-electron chi connectivity index (χ3n) is 6.63. The van der Waals surface area contributed by atoms with Crippen LogP contribution < -0.4 is 0 Å². The zero-order chi connectivity index (χ0) is 23.8. The Kier molecular flexibility index (Phi) is 6.06. The quantitative estimate of drug-likeness (QED) is 0.250. The lowest BCUT2D eigenvalue weighted by Crippen LogP contribution is -2.36. The second kappa shape index (κ2) is 9.49. The van der Waals surface area contributed by atoms with Gasteiger partial charge in [0.2, 0.25) is 4.77 Å². The lowest BCUT2D eigenvalue weighted by molar-refractivity contribution is 0.156. The second-order valence-corrected chi connectivity index (χ2v) is 10.7. The van der Waals surface area contributed by atoms with Gasteiger partial charge in [-0.2, -0.15) is 0 Å². The van der Waals surface area contributed by atoms with Crippen LogP contribution in [-0.2, 0) is 6.67 Å². The number of fused-ring (bicyclic) bond motifs is 1. The van der Waals surface area contributed by atoms with E-state index in [0.717, 1.165) is 46.9 Å². The molecule has 0 aliphatic carbocycles. The van der Waals surface area contributed by atoms with E-state index in [4.69, 9.17) is 22.3 Å². The molecule has 3 heterocycles. The Morgan fingerprint density at radius 1 is 1.00 bits per heavy atom. The number of hydrogen-bond acceptors (Lipinski definition) is 5. The first kappa shape index (κ1) is 22.3. The van der Waals surface area contributed by atoms with Gasteiger partial charge in [-0.15, -0.1) is 16.4 Å². The van der Waals surface area contributed by atoms with E-state index >= 15 is 0 Å². The molecular weight excluding hydrogens is 470 g/mol. The fourth-order valence-corrected chi connectivity index (χ4v) is 6.30. The zero-order valence-corrected chi connectivity index (χ0v) is 21.3. The van der Waals surface area contributed by atoms with E-state index in [-0.39, 0.29) is 0 Å². The maximum absolute atomic E-state index is 5.99. The number of piperidine rings is 1. The van der Waals surface area contributed by atoms with Crippen LogP contribution >= 0.6 is 23.6 Å². The Labute approximate surface area is 214 Å². The average molecular weight is 498 g/mol. The van der Waals surface area contributed by atoms with Gasteiger partial charge in [-0.3, -0.25) is 9.47 Å². The minimum absolute atomic E-state index is 0.447. The number of para-hydroxylation sites is 2. The summed E-state index contributed by atoms with van der Waals surface area (Å²) in [6.45, 7) is 4.80. The van der Waals surface area contributed by atoms with Crippen molar-refractivity contribution in [2.24, 2.45) is 0 Å². The van der Waals surface area contributed by atoms with Gasteiger partial charge in [0.05, 0.1) is 21.9 Å². The molecule has 35 heavy (non-hydrogen) atoms. The van der Waals surface area contributed by atoms with Crippen molar-refractivity contribution in [1.29, 1.82) is 0 Å². The first-order valence-electron chi connectivity index (χ1n) is 12.1. The van der Waals surface area contributed by atoms with Crippen LogP contribution in [0.3, 0.4) is 0 Å². The first-order valence-corrected chi connectivity index (χ1v) is 13.3.